The molecule has 0 fully saturated rings. The van der Waals surface area contributed by atoms with E-state index in [0.717, 1.165) is 36.7 Å². The molecular formula is C19H24N2O2. The van der Waals surface area contributed by atoms with Gasteiger partial charge in [0.1, 0.15) is 12.4 Å². The fourth-order valence-corrected chi connectivity index (χ4v) is 2.09. The Morgan fingerprint density at radius 3 is 2.70 bits per heavy atom. The Labute approximate surface area is 138 Å². The van der Waals surface area contributed by atoms with Crippen LogP contribution >= 0.6 is 0 Å². The molecule has 0 unspecified atom stereocenters. The summed E-state index contributed by atoms with van der Waals surface area (Å²) in [5, 5.41) is 3.42. The summed E-state index contributed by atoms with van der Waals surface area (Å²) in [5.41, 5.74) is 2.28. The van der Waals surface area contributed by atoms with E-state index in [0.29, 0.717) is 13.2 Å². The van der Waals surface area contributed by atoms with Crippen LogP contribution in [0.15, 0.2) is 55.3 Å². The molecule has 1 N–H and O–H groups in total. The van der Waals surface area contributed by atoms with E-state index in [9.17, 15) is 0 Å². The molecule has 0 saturated carbocycles. The van der Waals surface area contributed by atoms with Crippen molar-refractivity contribution in [2.75, 3.05) is 13.2 Å². The third kappa shape index (κ3) is 5.75. The molecule has 122 valence electrons. The Balaban J connectivity index is 1.83. The maximum Gasteiger partial charge on any atom is 0.217 e. The fourth-order valence-electron chi connectivity index (χ4n) is 2.09. The smallest absolute Gasteiger partial charge is 0.217 e. The fraction of sp³-hybridized carbons (Fsp3) is 0.316. The van der Waals surface area contributed by atoms with E-state index in [1.807, 2.05) is 24.3 Å². The van der Waals surface area contributed by atoms with E-state index in [1.165, 1.54) is 5.56 Å². The molecule has 1 aromatic heterocycles. The molecule has 0 aliphatic carbocycles. The summed E-state index contributed by atoms with van der Waals surface area (Å²) in [6.07, 6.45) is 4.47. The highest BCUT2D eigenvalue weighted by atomic mass is 16.5. The predicted octanol–water partition coefficient (Wildman–Crippen LogP) is 3.73. The molecule has 23 heavy (non-hydrogen) atoms. The lowest BCUT2D eigenvalue weighted by atomic mass is 10.2. The molecule has 0 aliphatic heterocycles. The van der Waals surface area contributed by atoms with Crippen LogP contribution in [0.2, 0.25) is 0 Å². The highest BCUT2D eigenvalue weighted by Crippen LogP contribution is 2.15. The van der Waals surface area contributed by atoms with Crippen molar-refractivity contribution in [1.82, 2.24) is 10.3 Å². The number of hydrogen-bond acceptors (Lipinski definition) is 4. The van der Waals surface area contributed by atoms with Gasteiger partial charge < -0.3 is 14.8 Å². The first-order valence-electron chi connectivity index (χ1n) is 7.93. The first kappa shape index (κ1) is 17.0. The number of aromatic nitrogens is 1. The summed E-state index contributed by atoms with van der Waals surface area (Å²) in [6, 6.07) is 12.0. The molecule has 0 radical (unpaired) electrons. The van der Waals surface area contributed by atoms with E-state index in [-0.39, 0.29) is 0 Å². The zero-order valence-electron chi connectivity index (χ0n) is 13.6. The van der Waals surface area contributed by atoms with Crippen LogP contribution in [0.5, 0.6) is 11.6 Å². The van der Waals surface area contributed by atoms with Gasteiger partial charge in [0.25, 0.3) is 0 Å². The lowest BCUT2D eigenvalue weighted by Crippen LogP contribution is -2.14. The van der Waals surface area contributed by atoms with Gasteiger partial charge in [0.2, 0.25) is 5.88 Å². The summed E-state index contributed by atoms with van der Waals surface area (Å²) in [5.74, 6) is 1.58. The van der Waals surface area contributed by atoms with E-state index < -0.39 is 0 Å². The quantitative estimate of drug-likeness (QED) is 0.679. The van der Waals surface area contributed by atoms with Gasteiger partial charge in [-0.25, -0.2) is 4.98 Å². The van der Waals surface area contributed by atoms with Crippen LogP contribution in [-0.4, -0.2) is 18.2 Å². The standard InChI is InChI=1S/C19H24N2O2/c1-3-12-22-18-9-7-16(8-10-18)14-20-15-17-6-5-11-21-19(17)23-13-4-2/h3,5-11,20H,1,4,12-15H2,2H3. The zero-order valence-corrected chi connectivity index (χ0v) is 13.6. The number of nitrogens with zero attached hydrogens (tertiary/aromatic N) is 1. The van der Waals surface area contributed by atoms with Gasteiger partial charge in [-0.15, -0.1) is 0 Å². The van der Waals surface area contributed by atoms with E-state index in [4.69, 9.17) is 9.47 Å². The Bertz CT molecular complexity index is 597. The molecule has 1 heterocycles. The molecular weight excluding hydrogens is 288 g/mol. The summed E-state index contributed by atoms with van der Waals surface area (Å²) >= 11 is 0. The van der Waals surface area contributed by atoms with Crippen LogP contribution in [0, 0.1) is 0 Å². The second-order valence-corrected chi connectivity index (χ2v) is 5.16. The van der Waals surface area contributed by atoms with Gasteiger partial charge in [0.15, 0.2) is 0 Å². The van der Waals surface area contributed by atoms with Gasteiger partial charge in [-0.1, -0.05) is 37.8 Å². The van der Waals surface area contributed by atoms with Crippen LogP contribution in [0.3, 0.4) is 0 Å². The number of pyridine rings is 1. The summed E-state index contributed by atoms with van der Waals surface area (Å²) in [6.45, 7) is 8.45. The van der Waals surface area contributed by atoms with Crippen LogP contribution in [0.4, 0.5) is 0 Å². The highest BCUT2D eigenvalue weighted by molar-refractivity contribution is 5.28. The first-order valence-corrected chi connectivity index (χ1v) is 7.93. The largest absolute Gasteiger partial charge is 0.490 e. The van der Waals surface area contributed by atoms with Crippen LogP contribution < -0.4 is 14.8 Å². The Morgan fingerprint density at radius 1 is 1.13 bits per heavy atom. The molecule has 0 atom stereocenters. The van der Waals surface area contributed by atoms with Crippen molar-refractivity contribution in [3.8, 4) is 11.6 Å². The Morgan fingerprint density at radius 2 is 1.96 bits per heavy atom. The predicted molar refractivity (Wildman–Crippen MR) is 92.7 cm³/mol. The second-order valence-electron chi connectivity index (χ2n) is 5.16. The topological polar surface area (TPSA) is 43.4 Å². The number of rotatable bonds is 10. The van der Waals surface area contributed by atoms with Crippen molar-refractivity contribution >= 4 is 0 Å². The van der Waals surface area contributed by atoms with E-state index >= 15 is 0 Å². The normalized spacial score (nSPS) is 10.3. The molecule has 1 aromatic carbocycles. The third-order valence-electron chi connectivity index (χ3n) is 3.23. The minimum Gasteiger partial charge on any atom is -0.490 e. The zero-order chi connectivity index (χ0) is 16.3. The lowest BCUT2D eigenvalue weighted by Gasteiger charge is -2.11. The minimum absolute atomic E-state index is 0.527. The Hall–Kier alpha value is -2.33. The monoisotopic (exact) mass is 312 g/mol. The maximum absolute atomic E-state index is 5.67. The van der Waals surface area contributed by atoms with Crippen LogP contribution in [0.1, 0.15) is 24.5 Å². The first-order chi connectivity index (χ1) is 11.3. The number of ether oxygens (including phenoxy) is 2. The number of nitrogens with one attached hydrogen (secondary N) is 1. The maximum atomic E-state index is 5.67. The van der Waals surface area contributed by atoms with Crippen molar-refractivity contribution < 1.29 is 9.47 Å². The molecule has 0 amide bonds. The number of hydrogen-bond donors (Lipinski definition) is 1. The molecule has 4 heteroatoms. The van der Waals surface area contributed by atoms with Crippen molar-refractivity contribution in [3.63, 3.8) is 0 Å². The highest BCUT2D eigenvalue weighted by Gasteiger charge is 2.04. The van der Waals surface area contributed by atoms with Gasteiger partial charge in [0, 0.05) is 24.8 Å². The third-order valence-corrected chi connectivity index (χ3v) is 3.23. The van der Waals surface area contributed by atoms with E-state index in [2.05, 4.69) is 35.9 Å². The molecule has 2 aromatic rings. The second kappa shape index (κ2) is 9.64. The van der Waals surface area contributed by atoms with Crippen LogP contribution in [-0.2, 0) is 13.1 Å². The van der Waals surface area contributed by atoms with E-state index in [1.54, 1.807) is 12.3 Å². The van der Waals surface area contributed by atoms with Gasteiger partial charge in [0.05, 0.1) is 6.61 Å². The molecule has 0 aliphatic rings. The lowest BCUT2D eigenvalue weighted by molar-refractivity contribution is 0.301. The average molecular weight is 312 g/mol. The van der Waals surface area contributed by atoms with Gasteiger partial charge >= 0.3 is 0 Å². The van der Waals surface area contributed by atoms with Crippen LogP contribution in [0.25, 0.3) is 0 Å². The van der Waals surface area contributed by atoms with Gasteiger partial charge in [-0.3, -0.25) is 0 Å². The summed E-state index contributed by atoms with van der Waals surface area (Å²) < 4.78 is 11.1. The van der Waals surface area contributed by atoms with Crippen molar-refractivity contribution in [2.24, 2.45) is 0 Å². The summed E-state index contributed by atoms with van der Waals surface area (Å²) in [4.78, 5) is 4.30. The van der Waals surface area contributed by atoms with Gasteiger partial charge in [-0.05, 0) is 30.2 Å². The molecule has 0 spiro atoms. The molecule has 0 bridgehead atoms. The molecule has 0 saturated heterocycles. The summed E-state index contributed by atoms with van der Waals surface area (Å²) in [7, 11) is 0. The van der Waals surface area contributed by atoms with Crippen molar-refractivity contribution in [3.05, 3.63) is 66.4 Å². The SMILES string of the molecule is C=CCOc1ccc(CNCc2cccnc2OCCC)cc1. The molecule has 4 nitrogen and oxygen atoms in total. The van der Waals surface area contributed by atoms with Crippen molar-refractivity contribution in [1.29, 1.82) is 0 Å². The molecule has 2 rings (SSSR count). The minimum atomic E-state index is 0.527. The Kier molecular flexibility index (Phi) is 7.14. The average Bonchev–Trinajstić information content (AvgIpc) is 2.60. The van der Waals surface area contributed by atoms with Crippen molar-refractivity contribution in [2.45, 2.75) is 26.4 Å². The number of benzene rings is 1. The van der Waals surface area contributed by atoms with Gasteiger partial charge in [-0.2, -0.15) is 0 Å².